The molecule has 0 aliphatic carbocycles. The van der Waals surface area contributed by atoms with Crippen molar-refractivity contribution in [3.63, 3.8) is 0 Å². The van der Waals surface area contributed by atoms with Gasteiger partial charge in [0.1, 0.15) is 0 Å². The molecular weight excluding hydrogens is 212 g/mol. The fourth-order valence-corrected chi connectivity index (χ4v) is 2.77. The smallest absolute Gasteiger partial charge is 0.241 e. The van der Waals surface area contributed by atoms with Crippen molar-refractivity contribution >= 4 is 5.91 Å². The Morgan fingerprint density at radius 3 is 2.53 bits per heavy atom. The van der Waals surface area contributed by atoms with E-state index in [9.17, 15) is 4.79 Å². The minimum absolute atomic E-state index is 0.0504. The second kappa shape index (κ2) is 6.39. The Labute approximate surface area is 106 Å². The maximum atomic E-state index is 12.3. The molecule has 100 valence electrons. The number of carbonyl (C=O) groups excluding carboxylic acids is 1. The number of amides is 1. The Morgan fingerprint density at radius 1 is 1.35 bits per heavy atom. The third-order valence-electron chi connectivity index (χ3n) is 3.90. The molecule has 0 aromatic heterocycles. The maximum Gasteiger partial charge on any atom is 0.241 e. The lowest BCUT2D eigenvalue weighted by Gasteiger charge is -2.30. The van der Waals surface area contributed by atoms with E-state index in [0.29, 0.717) is 17.9 Å². The fraction of sp³-hybridized carbons (Fsp3) is 0.929. The molecule has 1 heterocycles. The predicted molar refractivity (Wildman–Crippen MR) is 71.7 cm³/mol. The molecule has 4 unspecified atom stereocenters. The second-order valence-corrected chi connectivity index (χ2v) is 5.53. The molecule has 1 amide bonds. The lowest BCUT2D eigenvalue weighted by Crippen LogP contribution is -2.42. The zero-order valence-electron chi connectivity index (χ0n) is 12.0. The summed E-state index contributed by atoms with van der Waals surface area (Å²) in [6, 6.07) is 0.399. The third kappa shape index (κ3) is 3.44. The van der Waals surface area contributed by atoms with Gasteiger partial charge in [0.2, 0.25) is 5.91 Å². The van der Waals surface area contributed by atoms with Crippen LogP contribution < -0.4 is 5.32 Å². The van der Waals surface area contributed by atoms with Crippen LogP contribution in [0.25, 0.3) is 0 Å². The summed E-state index contributed by atoms with van der Waals surface area (Å²) in [5.41, 5.74) is 0. The van der Waals surface area contributed by atoms with E-state index in [4.69, 9.17) is 0 Å². The lowest BCUT2D eigenvalue weighted by molar-refractivity contribution is -0.132. The Balaban J connectivity index is 2.60. The summed E-state index contributed by atoms with van der Waals surface area (Å²) in [6.07, 6.45) is 4.50. The molecule has 3 nitrogen and oxygen atoms in total. The summed E-state index contributed by atoms with van der Waals surface area (Å²) >= 11 is 0. The van der Waals surface area contributed by atoms with E-state index in [2.05, 4.69) is 39.9 Å². The molecule has 4 atom stereocenters. The molecule has 1 rings (SSSR count). The summed E-state index contributed by atoms with van der Waals surface area (Å²) in [4.78, 5) is 14.3. The van der Waals surface area contributed by atoms with E-state index in [0.717, 1.165) is 19.3 Å². The van der Waals surface area contributed by atoms with Gasteiger partial charge in [-0.05, 0) is 32.6 Å². The molecule has 1 fully saturated rings. The van der Waals surface area contributed by atoms with Crippen LogP contribution in [0.4, 0.5) is 0 Å². The minimum Gasteiger partial charge on any atom is -0.323 e. The van der Waals surface area contributed by atoms with Gasteiger partial charge in [0.25, 0.3) is 0 Å². The van der Waals surface area contributed by atoms with E-state index >= 15 is 0 Å². The van der Waals surface area contributed by atoms with E-state index < -0.39 is 0 Å². The standard InChI is InChI=1S/C14H28N2O/c1-6-8-13-14(17)16(12(5)15-13)11(4)9-10(3)7-2/h10-13,15H,6-9H2,1-5H3. The molecule has 17 heavy (non-hydrogen) atoms. The first-order valence-electron chi connectivity index (χ1n) is 7.09. The summed E-state index contributed by atoms with van der Waals surface area (Å²) in [7, 11) is 0. The number of nitrogens with zero attached hydrogens (tertiary/aromatic N) is 1. The van der Waals surface area contributed by atoms with Crippen LogP contribution >= 0.6 is 0 Å². The Hall–Kier alpha value is -0.570. The molecule has 3 heteroatoms. The Morgan fingerprint density at radius 2 is 2.00 bits per heavy atom. The van der Waals surface area contributed by atoms with E-state index in [1.54, 1.807) is 0 Å². The summed E-state index contributed by atoms with van der Waals surface area (Å²) in [5.74, 6) is 0.991. The maximum absolute atomic E-state index is 12.3. The highest BCUT2D eigenvalue weighted by Gasteiger charge is 2.38. The summed E-state index contributed by atoms with van der Waals surface area (Å²) in [5, 5.41) is 3.40. The molecular formula is C14H28N2O. The van der Waals surface area contributed by atoms with Gasteiger partial charge in [0.15, 0.2) is 0 Å². The molecule has 0 bridgehead atoms. The summed E-state index contributed by atoms with van der Waals surface area (Å²) in [6.45, 7) is 10.9. The molecule has 1 aliphatic rings. The molecule has 0 saturated carbocycles. The highest BCUT2D eigenvalue weighted by atomic mass is 16.2. The molecule has 1 aliphatic heterocycles. The van der Waals surface area contributed by atoms with E-state index in [1.807, 2.05) is 4.90 Å². The average Bonchev–Trinajstić information content (AvgIpc) is 2.54. The fourth-order valence-electron chi connectivity index (χ4n) is 2.77. The van der Waals surface area contributed by atoms with Gasteiger partial charge in [-0.2, -0.15) is 0 Å². The molecule has 1 N–H and O–H groups in total. The van der Waals surface area contributed by atoms with Crippen LogP contribution in [0.15, 0.2) is 0 Å². The van der Waals surface area contributed by atoms with Crippen LogP contribution in [0.3, 0.4) is 0 Å². The molecule has 0 spiro atoms. The SMILES string of the molecule is CCCC1NC(C)N(C(C)CC(C)CC)C1=O. The molecule has 1 saturated heterocycles. The first-order chi connectivity index (χ1) is 8.01. The molecule has 0 aromatic carbocycles. The zero-order chi connectivity index (χ0) is 13.0. The van der Waals surface area contributed by atoms with Gasteiger partial charge in [0, 0.05) is 6.04 Å². The number of carbonyl (C=O) groups is 1. The van der Waals surface area contributed by atoms with E-state index in [1.165, 1.54) is 6.42 Å². The minimum atomic E-state index is 0.0504. The van der Waals surface area contributed by atoms with Crippen molar-refractivity contribution in [3.8, 4) is 0 Å². The molecule has 0 radical (unpaired) electrons. The monoisotopic (exact) mass is 240 g/mol. The number of hydrogen-bond acceptors (Lipinski definition) is 2. The Kier molecular flexibility index (Phi) is 5.44. The largest absolute Gasteiger partial charge is 0.323 e. The van der Waals surface area contributed by atoms with E-state index in [-0.39, 0.29) is 12.2 Å². The van der Waals surface area contributed by atoms with Crippen LogP contribution in [-0.4, -0.2) is 29.1 Å². The topological polar surface area (TPSA) is 32.3 Å². The number of nitrogens with one attached hydrogen (secondary N) is 1. The third-order valence-corrected chi connectivity index (χ3v) is 3.90. The highest BCUT2D eigenvalue weighted by molar-refractivity contribution is 5.84. The number of hydrogen-bond donors (Lipinski definition) is 1. The first-order valence-corrected chi connectivity index (χ1v) is 7.09. The van der Waals surface area contributed by atoms with Gasteiger partial charge >= 0.3 is 0 Å². The van der Waals surface area contributed by atoms with Crippen molar-refractivity contribution in [2.24, 2.45) is 5.92 Å². The quantitative estimate of drug-likeness (QED) is 0.774. The van der Waals surface area contributed by atoms with Crippen molar-refractivity contribution in [1.29, 1.82) is 0 Å². The van der Waals surface area contributed by atoms with Crippen LogP contribution in [0, 0.1) is 5.92 Å². The van der Waals surface area contributed by atoms with Crippen LogP contribution in [0.1, 0.15) is 60.3 Å². The lowest BCUT2D eigenvalue weighted by atomic mass is 9.99. The van der Waals surface area contributed by atoms with Gasteiger partial charge in [0.05, 0.1) is 12.2 Å². The van der Waals surface area contributed by atoms with Crippen LogP contribution in [0.5, 0.6) is 0 Å². The number of rotatable bonds is 6. The van der Waals surface area contributed by atoms with Crippen LogP contribution in [-0.2, 0) is 4.79 Å². The van der Waals surface area contributed by atoms with Crippen molar-refractivity contribution < 1.29 is 4.79 Å². The predicted octanol–water partition coefficient (Wildman–Crippen LogP) is 2.76. The van der Waals surface area contributed by atoms with Gasteiger partial charge in [-0.1, -0.05) is 33.6 Å². The van der Waals surface area contributed by atoms with Crippen molar-refractivity contribution in [3.05, 3.63) is 0 Å². The van der Waals surface area contributed by atoms with Crippen molar-refractivity contribution in [1.82, 2.24) is 10.2 Å². The first kappa shape index (κ1) is 14.5. The van der Waals surface area contributed by atoms with Crippen LogP contribution in [0.2, 0.25) is 0 Å². The average molecular weight is 240 g/mol. The second-order valence-electron chi connectivity index (χ2n) is 5.53. The summed E-state index contributed by atoms with van der Waals surface area (Å²) < 4.78 is 0. The van der Waals surface area contributed by atoms with Gasteiger partial charge in [-0.15, -0.1) is 0 Å². The molecule has 0 aromatic rings. The zero-order valence-corrected chi connectivity index (χ0v) is 12.0. The van der Waals surface area contributed by atoms with Gasteiger partial charge in [-0.3, -0.25) is 10.1 Å². The normalized spacial score (nSPS) is 28.5. The Bertz CT molecular complexity index is 255. The van der Waals surface area contributed by atoms with Crippen molar-refractivity contribution in [2.45, 2.75) is 78.6 Å². The van der Waals surface area contributed by atoms with Gasteiger partial charge in [-0.25, -0.2) is 0 Å². The van der Waals surface area contributed by atoms with Crippen molar-refractivity contribution in [2.75, 3.05) is 0 Å². The highest BCUT2D eigenvalue weighted by Crippen LogP contribution is 2.22. The van der Waals surface area contributed by atoms with Gasteiger partial charge < -0.3 is 4.90 Å².